The monoisotopic (exact) mass is 380 g/mol. The van der Waals surface area contributed by atoms with Crippen molar-refractivity contribution in [1.29, 1.82) is 0 Å². The van der Waals surface area contributed by atoms with Crippen molar-refractivity contribution in [3.05, 3.63) is 42.2 Å². The third kappa shape index (κ3) is 2.53. The van der Waals surface area contributed by atoms with E-state index < -0.39 is 0 Å². The minimum absolute atomic E-state index is 0. The van der Waals surface area contributed by atoms with Crippen molar-refractivity contribution in [2.24, 2.45) is 7.05 Å². The topological polar surface area (TPSA) is 38.0 Å². The SMILES string of the molecule is Cn1ccnc1-c1[c-]ccc(CO)c1.[Ir]. The van der Waals surface area contributed by atoms with Gasteiger partial charge in [0.15, 0.2) is 0 Å². The number of rotatable bonds is 2. The predicted octanol–water partition coefficient (Wildman–Crippen LogP) is 1.38. The van der Waals surface area contributed by atoms with E-state index in [1.54, 1.807) is 12.3 Å². The Kier molecular flexibility index (Phi) is 4.21. The number of imidazole rings is 1. The second kappa shape index (κ2) is 5.21. The van der Waals surface area contributed by atoms with Gasteiger partial charge in [0.25, 0.3) is 0 Å². The van der Waals surface area contributed by atoms with Gasteiger partial charge >= 0.3 is 0 Å². The van der Waals surface area contributed by atoms with Crippen molar-refractivity contribution in [1.82, 2.24) is 9.55 Å². The number of aromatic nitrogens is 2. The molecule has 0 saturated carbocycles. The molecule has 2 aromatic rings. The standard InChI is InChI=1S/C11H11N2O.Ir/c1-13-6-5-12-11(13)10-4-2-3-9(7-10)8-14;/h2-3,5-7,14H,8H2,1H3;/q-1;. The van der Waals surface area contributed by atoms with Crippen LogP contribution in [0.25, 0.3) is 11.4 Å². The molecule has 0 saturated heterocycles. The maximum absolute atomic E-state index is 8.99. The third-order valence-corrected chi connectivity index (χ3v) is 2.11. The fourth-order valence-electron chi connectivity index (χ4n) is 1.37. The Bertz CT molecular complexity index is 440. The van der Waals surface area contributed by atoms with E-state index >= 15 is 0 Å². The number of hydrogen-bond donors (Lipinski definition) is 1. The molecule has 1 heterocycles. The van der Waals surface area contributed by atoms with Crippen LogP contribution in [0.1, 0.15) is 5.56 Å². The molecule has 0 bridgehead atoms. The van der Waals surface area contributed by atoms with Crippen LogP contribution in [0.15, 0.2) is 30.6 Å². The molecule has 0 amide bonds. The van der Waals surface area contributed by atoms with Gasteiger partial charge in [-0.3, -0.25) is 4.98 Å². The average Bonchev–Trinajstić information content (AvgIpc) is 2.65. The smallest absolute Gasteiger partial charge is 0.0555 e. The Hall–Kier alpha value is -0.961. The molecule has 1 N–H and O–H groups in total. The molecule has 0 aliphatic carbocycles. The summed E-state index contributed by atoms with van der Waals surface area (Å²) in [6.07, 6.45) is 3.63. The maximum atomic E-state index is 8.99. The molecule has 4 heteroatoms. The largest absolute Gasteiger partial charge is 0.393 e. The van der Waals surface area contributed by atoms with E-state index in [2.05, 4.69) is 11.1 Å². The summed E-state index contributed by atoms with van der Waals surface area (Å²) in [5.41, 5.74) is 1.78. The van der Waals surface area contributed by atoms with Gasteiger partial charge in [-0.25, -0.2) is 0 Å². The van der Waals surface area contributed by atoms with E-state index in [4.69, 9.17) is 5.11 Å². The van der Waals surface area contributed by atoms with E-state index in [-0.39, 0.29) is 26.7 Å². The zero-order valence-electron chi connectivity index (χ0n) is 8.27. The Morgan fingerprint density at radius 3 is 2.93 bits per heavy atom. The first-order valence-electron chi connectivity index (χ1n) is 4.40. The van der Waals surface area contributed by atoms with Crippen LogP contribution in [-0.2, 0) is 33.8 Å². The van der Waals surface area contributed by atoms with Crippen LogP contribution in [-0.4, -0.2) is 14.7 Å². The normalized spacial score (nSPS) is 9.73. The number of nitrogens with zero attached hydrogens (tertiary/aromatic N) is 2. The van der Waals surface area contributed by atoms with Gasteiger partial charge in [-0.1, -0.05) is 0 Å². The second-order valence-corrected chi connectivity index (χ2v) is 3.13. The van der Waals surface area contributed by atoms with Gasteiger partial charge in [0.1, 0.15) is 0 Å². The van der Waals surface area contributed by atoms with Crippen LogP contribution in [0.5, 0.6) is 0 Å². The Morgan fingerprint density at radius 2 is 2.33 bits per heavy atom. The molecule has 0 aliphatic rings. The number of hydrogen-bond acceptors (Lipinski definition) is 2. The van der Waals surface area contributed by atoms with E-state index in [0.717, 1.165) is 17.0 Å². The van der Waals surface area contributed by atoms with Crippen molar-refractivity contribution >= 4 is 0 Å². The zero-order valence-corrected chi connectivity index (χ0v) is 10.7. The summed E-state index contributed by atoms with van der Waals surface area (Å²) in [5.74, 6) is 0.861. The predicted molar refractivity (Wildman–Crippen MR) is 53.4 cm³/mol. The number of benzene rings is 1. The average molecular weight is 379 g/mol. The molecule has 0 atom stereocenters. The molecule has 81 valence electrons. The van der Waals surface area contributed by atoms with Crippen LogP contribution < -0.4 is 0 Å². The summed E-state index contributed by atoms with van der Waals surface area (Å²) in [6.45, 7) is 0.0477. The molecular formula is C11H11IrN2O-. The van der Waals surface area contributed by atoms with Crippen molar-refractivity contribution in [3.8, 4) is 11.4 Å². The fraction of sp³-hybridized carbons (Fsp3) is 0.182. The molecule has 1 aromatic heterocycles. The van der Waals surface area contributed by atoms with Crippen LogP contribution in [0.4, 0.5) is 0 Å². The van der Waals surface area contributed by atoms with Crippen LogP contribution in [0.3, 0.4) is 0 Å². The molecule has 0 unspecified atom stereocenters. The summed E-state index contributed by atoms with van der Waals surface area (Å²) in [5, 5.41) is 8.99. The molecule has 1 radical (unpaired) electrons. The quantitative estimate of drug-likeness (QED) is 0.801. The summed E-state index contributed by atoms with van der Waals surface area (Å²) in [6, 6.07) is 8.62. The molecule has 0 spiro atoms. The molecule has 0 fully saturated rings. The van der Waals surface area contributed by atoms with Crippen molar-refractivity contribution in [2.45, 2.75) is 6.61 Å². The van der Waals surface area contributed by atoms with E-state index in [9.17, 15) is 0 Å². The Labute approximate surface area is 102 Å². The molecule has 1 aromatic carbocycles. The number of aliphatic hydroxyl groups excluding tert-OH is 1. The summed E-state index contributed by atoms with van der Waals surface area (Å²) in [4.78, 5) is 4.21. The second-order valence-electron chi connectivity index (χ2n) is 3.13. The molecule has 0 aliphatic heterocycles. The molecular weight excluding hydrogens is 368 g/mol. The Balaban J connectivity index is 0.00000112. The van der Waals surface area contributed by atoms with E-state index in [1.165, 1.54) is 0 Å². The molecule has 15 heavy (non-hydrogen) atoms. The van der Waals surface area contributed by atoms with Gasteiger partial charge in [0.2, 0.25) is 0 Å². The zero-order chi connectivity index (χ0) is 9.97. The first-order chi connectivity index (χ1) is 6.81. The van der Waals surface area contributed by atoms with Crippen molar-refractivity contribution < 1.29 is 25.2 Å². The van der Waals surface area contributed by atoms with Gasteiger partial charge in [-0.2, -0.15) is 0 Å². The number of aliphatic hydroxyl groups is 1. The van der Waals surface area contributed by atoms with Gasteiger partial charge < -0.3 is 9.67 Å². The number of aryl methyl sites for hydroxylation is 1. The minimum atomic E-state index is 0. The molecule has 3 nitrogen and oxygen atoms in total. The van der Waals surface area contributed by atoms with Crippen LogP contribution in [0, 0.1) is 6.07 Å². The van der Waals surface area contributed by atoms with Gasteiger partial charge in [-0.15, -0.1) is 35.4 Å². The summed E-state index contributed by atoms with van der Waals surface area (Å²) in [7, 11) is 1.93. The summed E-state index contributed by atoms with van der Waals surface area (Å²) >= 11 is 0. The maximum Gasteiger partial charge on any atom is 0.0555 e. The third-order valence-electron chi connectivity index (χ3n) is 2.11. The van der Waals surface area contributed by atoms with Gasteiger partial charge in [0, 0.05) is 39.5 Å². The van der Waals surface area contributed by atoms with E-state index in [0.29, 0.717) is 0 Å². The summed E-state index contributed by atoms with van der Waals surface area (Å²) < 4.78 is 1.92. The molecule has 2 rings (SSSR count). The van der Waals surface area contributed by atoms with Gasteiger partial charge in [0.05, 0.1) is 12.4 Å². The first-order valence-corrected chi connectivity index (χ1v) is 4.40. The van der Waals surface area contributed by atoms with E-state index in [1.807, 2.05) is 29.9 Å². The van der Waals surface area contributed by atoms with Gasteiger partial charge in [-0.05, 0) is 0 Å². The van der Waals surface area contributed by atoms with Crippen molar-refractivity contribution in [3.63, 3.8) is 0 Å². The van der Waals surface area contributed by atoms with Crippen LogP contribution >= 0.6 is 0 Å². The minimum Gasteiger partial charge on any atom is -0.393 e. The fourth-order valence-corrected chi connectivity index (χ4v) is 1.37. The van der Waals surface area contributed by atoms with Crippen molar-refractivity contribution in [2.75, 3.05) is 0 Å². The Morgan fingerprint density at radius 1 is 1.53 bits per heavy atom. The first kappa shape index (κ1) is 12.1. The van der Waals surface area contributed by atoms with Crippen LogP contribution in [0.2, 0.25) is 0 Å².